The van der Waals surface area contributed by atoms with E-state index in [1.165, 1.54) is 0 Å². The van der Waals surface area contributed by atoms with Gasteiger partial charge < -0.3 is 11.5 Å². The third-order valence-corrected chi connectivity index (χ3v) is 1.91. The van der Waals surface area contributed by atoms with Crippen molar-refractivity contribution in [2.24, 2.45) is 33.5 Å². The normalized spacial score (nSPS) is 19.6. The first-order valence-electron chi connectivity index (χ1n) is 4.10. The van der Waals surface area contributed by atoms with Crippen LogP contribution < -0.4 is 11.5 Å². The van der Waals surface area contributed by atoms with Crippen LogP contribution in [0.5, 0.6) is 0 Å². The number of alkyl halides is 3. The Balaban J connectivity index is 2.61. The predicted octanol–water partition coefficient (Wildman–Crippen LogP) is 0.834. The third-order valence-electron chi connectivity index (χ3n) is 1.91. The summed E-state index contributed by atoms with van der Waals surface area (Å²) in [6.07, 6.45) is -2.34. The van der Waals surface area contributed by atoms with Crippen LogP contribution in [0.2, 0.25) is 0 Å². The molecule has 0 aliphatic heterocycles. The zero-order chi connectivity index (χ0) is 10.8. The Morgan fingerprint density at radius 3 is 2.29 bits per heavy atom. The van der Waals surface area contributed by atoms with Gasteiger partial charge in [0.15, 0.2) is 0 Å². The van der Waals surface area contributed by atoms with E-state index in [9.17, 15) is 13.2 Å². The van der Waals surface area contributed by atoms with Gasteiger partial charge in [-0.3, -0.25) is 0 Å². The summed E-state index contributed by atoms with van der Waals surface area (Å²) in [7, 11) is 0. The van der Waals surface area contributed by atoms with Crippen LogP contribution >= 0.6 is 0 Å². The van der Waals surface area contributed by atoms with Gasteiger partial charge in [-0.25, -0.2) is 0 Å². The summed E-state index contributed by atoms with van der Waals surface area (Å²) in [5, 5.41) is 6.32. The second-order valence-electron chi connectivity index (χ2n) is 3.19. The van der Waals surface area contributed by atoms with E-state index in [4.69, 9.17) is 11.5 Å². The lowest BCUT2D eigenvalue weighted by Gasteiger charge is -2.13. The molecule has 4 nitrogen and oxygen atoms in total. The minimum atomic E-state index is -4.26. The molecule has 0 radical (unpaired) electrons. The van der Waals surface area contributed by atoms with Crippen molar-refractivity contribution in [2.75, 3.05) is 0 Å². The lowest BCUT2D eigenvalue weighted by molar-refractivity contribution is -0.158. The van der Waals surface area contributed by atoms with Gasteiger partial charge in [-0.15, -0.1) is 5.10 Å². The van der Waals surface area contributed by atoms with Crippen molar-refractivity contribution < 1.29 is 13.2 Å². The van der Waals surface area contributed by atoms with Gasteiger partial charge in [-0.05, 0) is 18.8 Å². The molecular weight excluding hydrogens is 197 g/mol. The maximum absolute atomic E-state index is 12.3. The zero-order valence-corrected chi connectivity index (χ0v) is 7.33. The fraction of sp³-hybridized carbons (Fsp3) is 0.714. The van der Waals surface area contributed by atoms with Crippen molar-refractivity contribution >= 4 is 12.2 Å². The van der Waals surface area contributed by atoms with Crippen molar-refractivity contribution in [1.29, 1.82) is 0 Å². The topological polar surface area (TPSA) is 76.8 Å². The van der Waals surface area contributed by atoms with Gasteiger partial charge in [0.05, 0.1) is 5.92 Å². The van der Waals surface area contributed by atoms with Gasteiger partial charge >= 0.3 is 6.18 Å². The lowest BCUT2D eigenvalue weighted by atomic mass is 10.1. The van der Waals surface area contributed by atoms with E-state index < -0.39 is 12.1 Å². The molecule has 0 heterocycles. The van der Waals surface area contributed by atoms with Crippen molar-refractivity contribution in [2.45, 2.75) is 19.0 Å². The van der Waals surface area contributed by atoms with Crippen molar-refractivity contribution in [1.82, 2.24) is 0 Å². The smallest absolute Gasteiger partial charge is 0.369 e. The third kappa shape index (κ3) is 3.23. The predicted molar refractivity (Wildman–Crippen MR) is 46.6 cm³/mol. The van der Waals surface area contributed by atoms with Crippen LogP contribution in [0.1, 0.15) is 12.8 Å². The van der Waals surface area contributed by atoms with E-state index in [1.54, 1.807) is 0 Å². The molecule has 1 unspecified atom stereocenters. The molecule has 4 N–H and O–H groups in total. The number of hydrogen-bond donors (Lipinski definition) is 2. The molecule has 0 spiro atoms. The van der Waals surface area contributed by atoms with Crippen LogP contribution in [0.25, 0.3) is 0 Å². The SMILES string of the molecule is NC(N)=NN=CC(C1CC1)C(F)(F)F. The van der Waals surface area contributed by atoms with Crippen LogP contribution in [0.3, 0.4) is 0 Å². The van der Waals surface area contributed by atoms with Gasteiger partial charge in [0, 0.05) is 6.21 Å². The van der Waals surface area contributed by atoms with Gasteiger partial charge in [-0.2, -0.15) is 18.3 Å². The highest BCUT2D eigenvalue weighted by atomic mass is 19.4. The Hall–Kier alpha value is -1.27. The Morgan fingerprint density at radius 1 is 1.36 bits per heavy atom. The number of nitrogens with two attached hydrogens (primary N) is 2. The molecule has 0 amide bonds. The highest BCUT2D eigenvalue weighted by Crippen LogP contribution is 2.44. The summed E-state index contributed by atoms with van der Waals surface area (Å²) < 4.78 is 37.0. The summed E-state index contributed by atoms with van der Waals surface area (Å²) in [5.41, 5.74) is 9.82. The van der Waals surface area contributed by atoms with E-state index in [-0.39, 0.29) is 11.9 Å². The molecule has 1 atom stereocenters. The molecule has 1 aliphatic carbocycles. The van der Waals surface area contributed by atoms with Crippen LogP contribution in [0.15, 0.2) is 10.2 Å². The van der Waals surface area contributed by atoms with Crippen LogP contribution in [-0.2, 0) is 0 Å². The van der Waals surface area contributed by atoms with E-state index in [2.05, 4.69) is 10.2 Å². The van der Waals surface area contributed by atoms with Gasteiger partial charge in [-0.1, -0.05) is 0 Å². The van der Waals surface area contributed by atoms with Gasteiger partial charge in [0.1, 0.15) is 0 Å². The summed E-state index contributed by atoms with van der Waals surface area (Å²) in [6.45, 7) is 0. The molecular formula is C7H11F3N4. The quantitative estimate of drug-likeness (QED) is 0.409. The average Bonchev–Trinajstić information content (AvgIpc) is 2.77. The summed E-state index contributed by atoms with van der Waals surface area (Å²) >= 11 is 0. The molecule has 1 saturated carbocycles. The highest BCUT2D eigenvalue weighted by Gasteiger charge is 2.47. The molecule has 0 aromatic heterocycles. The maximum atomic E-state index is 12.3. The van der Waals surface area contributed by atoms with Crippen LogP contribution in [0.4, 0.5) is 13.2 Å². The van der Waals surface area contributed by atoms with E-state index >= 15 is 0 Å². The number of guanidine groups is 1. The first kappa shape index (κ1) is 10.8. The standard InChI is InChI=1S/C7H11F3N4/c8-7(9,10)5(4-1-2-4)3-13-14-6(11)12/h3-5H,1-2H2,(H4,11,12,14). The van der Waals surface area contributed by atoms with Crippen LogP contribution in [0, 0.1) is 11.8 Å². The summed E-state index contributed by atoms with van der Waals surface area (Å²) in [4.78, 5) is 0. The van der Waals surface area contributed by atoms with Crippen molar-refractivity contribution in [3.8, 4) is 0 Å². The number of hydrogen-bond acceptors (Lipinski definition) is 2. The lowest BCUT2D eigenvalue weighted by Crippen LogP contribution is -2.26. The average molecular weight is 208 g/mol. The Kier molecular flexibility index (Phi) is 2.97. The van der Waals surface area contributed by atoms with E-state index in [0.29, 0.717) is 12.8 Å². The Labute approximate surface area is 78.9 Å². The minimum absolute atomic E-state index is 0.349. The Morgan fingerprint density at radius 2 is 1.93 bits per heavy atom. The monoisotopic (exact) mass is 208 g/mol. The number of rotatable bonds is 3. The molecule has 0 aromatic rings. The minimum Gasteiger partial charge on any atom is -0.369 e. The molecule has 1 aliphatic rings. The Bertz CT molecular complexity index is 250. The number of halogens is 3. The molecule has 0 aromatic carbocycles. The molecule has 14 heavy (non-hydrogen) atoms. The molecule has 1 rings (SSSR count). The first-order valence-corrected chi connectivity index (χ1v) is 4.10. The van der Waals surface area contributed by atoms with Crippen molar-refractivity contribution in [3.63, 3.8) is 0 Å². The molecule has 0 bridgehead atoms. The second-order valence-corrected chi connectivity index (χ2v) is 3.19. The fourth-order valence-electron chi connectivity index (χ4n) is 1.10. The zero-order valence-electron chi connectivity index (χ0n) is 7.33. The largest absolute Gasteiger partial charge is 0.396 e. The van der Waals surface area contributed by atoms with Crippen molar-refractivity contribution in [3.05, 3.63) is 0 Å². The summed E-state index contributed by atoms with van der Waals surface area (Å²) in [5.74, 6) is -2.23. The van der Waals surface area contributed by atoms with E-state index in [1.807, 2.05) is 0 Å². The molecule has 1 fully saturated rings. The maximum Gasteiger partial charge on any atom is 0.396 e. The first-order chi connectivity index (χ1) is 6.41. The van der Waals surface area contributed by atoms with Gasteiger partial charge in [0.25, 0.3) is 0 Å². The fourth-order valence-corrected chi connectivity index (χ4v) is 1.10. The second kappa shape index (κ2) is 3.85. The molecule has 80 valence electrons. The van der Waals surface area contributed by atoms with Gasteiger partial charge in [0.2, 0.25) is 5.96 Å². The van der Waals surface area contributed by atoms with E-state index in [0.717, 1.165) is 6.21 Å². The highest BCUT2D eigenvalue weighted by molar-refractivity contribution is 5.76. The molecule has 0 saturated heterocycles. The number of nitrogens with zero attached hydrogens (tertiary/aromatic N) is 2. The summed E-state index contributed by atoms with van der Waals surface area (Å²) in [6, 6.07) is 0. The molecule has 7 heteroatoms. The van der Waals surface area contributed by atoms with Crippen LogP contribution in [-0.4, -0.2) is 18.4 Å².